The van der Waals surface area contributed by atoms with Crippen molar-refractivity contribution in [3.05, 3.63) is 53.6 Å². The van der Waals surface area contributed by atoms with Gasteiger partial charge in [0.25, 0.3) is 0 Å². The highest BCUT2D eigenvalue weighted by Crippen LogP contribution is 2.06. The van der Waals surface area contributed by atoms with Gasteiger partial charge < -0.3 is 0 Å². The van der Waals surface area contributed by atoms with Gasteiger partial charge in [0, 0.05) is 0 Å². The van der Waals surface area contributed by atoms with E-state index in [9.17, 15) is 4.79 Å². The maximum Gasteiger partial charge on any atom is 0.245 e. The standard InChI is InChI=1S/C12H11ClO/c1-10(7-8-12(13)14)9-11-5-3-2-4-6-11/h2-9H,1H3/b8-7+,10-9-. The number of carbonyl (C=O) groups excluding carboxylic acids is 1. The molecule has 0 saturated heterocycles. The normalized spacial score (nSPS) is 12.0. The highest BCUT2D eigenvalue weighted by molar-refractivity contribution is 6.66. The molecular weight excluding hydrogens is 196 g/mol. The minimum absolute atomic E-state index is 0.453. The number of benzene rings is 1. The van der Waals surface area contributed by atoms with E-state index in [2.05, 4.69) is 0 Å². The third-order valence-corrected chi connectivity index (χ3v) is 1.80. The van der Waals surface area contributed by atoms with Crippen LogP contribution in [-0.4, -0.2) is 5.24 Å². The van der Waals surface area contributed by atoms with Gasteiger partial charge in [-0.3, -0.25) is 4.79 Å². The van der Waals surface area contributed by atoms with Crippen LogP contribution in [0, 0.1) is 0 Å². The predicted molar refractivity (Wildman–Crippen MR) is 60.1 cm³/mol. The van der Waals surface area contributed by atoms with E-state index in [4.69, 9.17) is 11.6 Å². The molecule has 0 radical (unpaired) electrons. The Bertz CT molecular complexity index is 363. The summed E-state index contributed by atoms with van der Waals surface area (Å²) in [6, 6.07) is 9.90. The molecule has 2 heteroatoms. The van der Waals surface area contributed by atoms with Crippen molar-refractivity contribution in [1.82, 2.24) is 0 Å². The molecule has 1 rings (SSSR count). The molecule has 0 spiro atoms. The van der Waals surface area contributed by atoms with Gasteiger partial charge in [0.15, 0.2) is 0 Å². The maximum atomic E-state index is 10.5. The van der Waals surface area contributed by atoms with Crippen LogP contribution in [0.2, 0.25) is 0 Å². The molecule has 0 atom stereocenters. The Morgan fingerprint density at radius 1 is 1.21 bits per heavy atom. The molecule has 14 heavy (non-hydrogen) atoms. The number of allylic oxidation sites excluding steroid dienone is 3. The fourth-order valence-corrected chi connectivity index (χ4v) is 1.12. The third kappa shape index (κ3) is 4.06. The number of hydrogen-bond acceptors (Lipinski definition) is 1. The molecule has 0 bridgehead atoms. The fraction of sp³-hybridized carbons (Fsp3) is 0.0833. The molecule has 0 aliphatic heterocycles. The van der Waals surface area contributed by atoms with E-state index in [0.29, 0.717) is 0 Å². The van der Waals surface area contributed by atoms with Gasteiger partial charge in [-0.1, -0.05) is 48.1 Å². The zero-order valence-electron chi connectivity index (χ0n) is 7.91. The van der Waals surface area contributed by atoms with Crippen LogP contribution >= 0.6 is 11.6 Å². The van der Waals surface area contributed by atoms with Gasteiger partial charge in [0.05, 0.1) is 0 Å². The number of halogens is 1. The van der Waals surface area contributed by atoms with Gasteiger partial charge in [0.2, 0.25) is 5.24 Å². The fourth-order valence-electron chi connectivity index (χ4n) is 1.06. The Balaban J connectivity index is 2.74. The summed E-state index contributed by atoms with van der Waals surface area (Å²) in [7, 11) is 0. The summed E-state index contributed by atoms with van der Waals surface area (Å²) < 4.78 is 0. The molecule has 0 amide bonds. The maximum absolute atomic E-state index is 10.5. The van der Waals surface area contributed by atoms with E-state index in [-0.39, 0.29) is 0 Å². The monoisotopic (exact) mass is 206 g/mol. The first-order valence-electron chi connectivity index (χ1n) is 4.29. The van der Waals surface area contributed by atoms with Crippen LogP contribution in [-0.2, 0) is 4.79 Å². The highest BCUT2D eigenvalue weighted by atomic mass is 35.5. The molecule has 0 saturated carbocycles. The lowest BCUT2D eigenvalue weighted by atomic mass is 10.1. The molecule has 0 aromatic heterocycles. The van der Waals surface area contributed by atoms with Crippen LogP contribution in [0.5, 0.6) is 0 Å². The van der Waals surface area contributed by atoms with Crippen molar-refractivity contribution >= 4 is 22.9 Å². The first kappa shape index (κ1) is 10.7. The summed E-state index contributed by atoms with van der Waals surface area (Å²) in [6.45, 7) is 1.92. The number of hydrogen-bond donors (Lipinski definition) is 0. The quantitative estimate of drug-likeness (QED) is 0.421. The van der Waals surface area contributed by atoms with E-state index >= 15 is 0 Å². The van der Waals surface area contributed by atoms with Crippen molar-refractivity contribution in [3.63, 3.8) is 0 Å². The topological polar surface area (TPSA) is 17.1 Å². The largest absolute Gasteiger partial charge is 0.276 e. The lowest BCUT2D eigenvalue weighted by Crippen LogP contribution is -1.77. The van der Waals surface area contributed by atoms with Crippen LogP contribution in [0.15, 0.2) is 48.1 Å². The molecule has 0 aliphatic carbocycles. The first-order valence-corrected chi connectivity index (χ1v) is 4.67. The molecule has 0 N–H and O–H groups in total. The smallest absolute Gasteiger partial charge is 0.245 e. The number of rotatable bonds is 3. The van der Waals surface area contributed by atoms with Gasteiger partial charge in [-0.05, 0) is 30.2 Å². The Kier molecular flexibility index (Phi) is 4.14. The minimum atomic E-state index is -0.453. The van der Waals surface area contributed by atoms with Crippen molar-refractivity contribution in [2.45, 2.75) is 6.92 Å². The molecule has 1 aromatic carbocycles. The second-order valence-electron chi connectivity index (χ2n) is 2.94. The van der Waals surface area contributed by atoms with E-state index in [1.54, 1.807) is 6.08 Å². The van der Waals surface area contributed by atoms with Crippen molar-refractivity contribution < 1.29 is 4.79 Å². The molecule has 0 unspecified atom stereocenters. The average molecular weight is 207 g/mol. The highest BCUT2D eigenvalue weighted by Gasteiger charge is 1.88. The van der Waals surface area contributed by atoms with Gasteiger partial charge in [-0.15, -0.1) is 0 Å². The number of carbonyl (C=O) groups is 1. The molecule has 0 heterocycles. The zero-order chi connectivity index (χ0) is 10.4. The second kappa shape index (κ2) is 5.40. The van der Waals surface area contributed by atoms with Crippen LogP contribution in [0.4, 0.5) is 0 Å². The Morgan fingerprint density at radius 2 is 1.86 bits per heavy atom. The SMILES string of the molecule is CC(=C/c1ccccc1)/C=C/C(=O)Cl. The molecule has 72 valence electrons. The van der Waals surface area contributed by atoms with Crippen LogP contribution < -0.4 is 0 Å². The van der Waals surface area contributed by atoms with Crippen LogP contribution in [0.25, 0.3) is 6.08 Å². The van der Waals surface area contributed by atoms with E-state index in [1.807, 2.05) is 43.3 Å². The van der Waals surface area contributed by atoms with Crippen LogP contribution in [0.1, 0.15) is 12.5 Å². The molecule has 1 nitrogen and oxygen atoms in total. The van der Waals surface area contributed by atoms with Gasteiger partial charge in [-0.25, -0.2) is 0 Å². The Labute approximate surface area is 88.7 Å². The molecule has 0 fully saturated rings. The molecule has 1 aromatic rings. The summed E-state index contributed by atoms with van der Waals surface area (Å²) in [4.78, 5) is 10.5. The van der Waals surface area contributed by atoms with E-state index in [1.165, 1.54) is 6.08 Å². The lowest BCUT2D eigenvalue weighted by Gasteiger charge is -1.93. The zero-order valence-corrected chi connectivity index (χ0v) is 8.66. The minimum Gasteiger partial charge on any atom is -0.276 e. The Morgan fingerprint density at radius 3 is 2.43 bits per heavy atom. The summed E-state index contributed by atoms with van der Waals surface area (Å²) in [5.74, 6) is 0. The lowest BCUT2D eigenvalue weighted by molar-refractivity contribution is -0.107. The predicted octanol–water partition coefficient (Wildman–Crippen LogP) is 3.41. The summed E-state index contributed by atoms with van der Waals surface area (Å²) in [5.41, 5.74) is 2.10. The third-order valence-electron chi connectivity index (χ3n) is 1.67. The molecular formula is C12H11ClO. The summed E-state index contributed by atoms with van der Waals surface area (Å²) >= 11 is 5.17. The first-order chi connectivity index (χ1) is 6.68. The summed E-state index contributed by atoms with van der Waals surface area (Å²) in [6.07, 6.45) is 5.02. The second-order valence-corrected chi connectivity index (χ2v) is 3.31. The van der Waals surface area contributed by atoms with Crippen molar-refractivity contribution in [3.8, 4) is 0 Å². The summed E-state index contributed by atoms with van der Waals surface area (Å²) in [5, 5.41) is -0.453. The average Bonchev–Trinajstić information content (AvgIpc) is 2.16. The van der Waals surface area contributed by atoms with Crippen molar-refractivity contribution in [2.24, 2.45) is 0 Å². The van der Waals surface area contributed by atoms with Gasteiger partial charge in [0.1, 0.15) is 0 Å². The van der Waals surface area contributed by atoms with E-state index in [0.717, 1.165) is 11.1 Å². The van der Waals surface area contributed by atoms with Gasteiger partial charge in [-0.2, -0.15) is 0 Å². The van der Waals surface area contributed by atoms with Crippen LogP contribution in [0.3, 0.4) is 0 Å². The molecule has 0 aliphatic rings. The van der Waals surface area contributed by atoms with Crippen molar-refractivity contribution in [2.75, 3.05) is 0 Å². The van der Waals surface area contributed by atoms with Crippen molar-refractivity contribution in [1.29, 1.82) is 0 Å². The van der Waals surface area contributed by atoms with E-state index < -0.39 is 5.24 Å². The van der Waals surface area contributed by atoms with Gasteiger partial charge >= 0.3 is 0 Å². The Hall–Kier alpha value is -1.34.